The molecule has 5 nitrogen and oxygen atoms in total. The van der Waals surface area contributed by atoms with Gasteiger partial charge in [0.25, 0.3) is 0 Å². The average Bonchev–Trinajstić information content (AvgIpc) is 2.95. The van der Waals surface area contributed by atoms with E-state index in [9.17, 15) is 9.18 Å². The Hall–Kier alpha value is -2.60. The second-order valence-electron chi connectivity index (χ2n) is 5.79. The Bertz CT molecular complexity index is 909. The third kappa shape index (κ3) is 3.91. The van der Waals surface area contributed by atoms with Gasteiger partial charge >= 0.3 is 0 Å². The first kappa shape index (κ1) is 17.2. The highest BCUT2D eigenvalue weighted by molar-refractivity contribution is 6.32. The van der Waals surface area contributed by atoms with Crippen LogP contribution < -0.4 is 10.1 Å². The fraction of sp³-hybridized carbons (Fsp3) is 0.222. The lowest BCUT2D eigenvalue weighted by atomic mass is 10.2. The third-order valence-corrected chi connectivity index (χ3v) is 3.93. The van der Waals surface area contributed by atoms with Gasteiger partial charge in [0.15, 0.2) is 0 Å². The van der Waals surface area contributed by atoms with Crippen LogP contribution in [0.4, 0.5) is 4.39 Å². The van der Waals surface area contributed by atoms with Gasteiger partial charge in [0, 0.05) is 12.3 Å². The molecular formula is C18H17ClFN3O2. The molecule has 1 heterocycles. The first-order chi connectivity index (χ1) is 11.9. The quantitative estimate of drug-likeness (QED) is 0.753. The van der Waals surface area contributed by atoms with Crippen molar-refractivity contribution in [3.63, 3.8) is 0 Å². The van der Waals surface area contributed by atoms with Gasteiger partial charge in [-0.25, -0.2) is 9.07 Å². The lowest BCUT2D eigenvalue weighted by molar-refractivity contribution is -0.119. The molecule has 0 aliphatic carbocycles. The zero-order valence-electron chi connectivity index (χ0n) is 13.8. The Balaban J connectivity index is 1.86. The highest BCUT2D eigenvalue weighted by Crippen LogP contribution is 2.31. The second-order valence-corrected chi connectivity index (χ2v) is 6.19. The number of carbonyl (C=O) groups is 1. The molecule has 0 saturated carbocycles. The van der Waals surface area contributed by atoms with Crippen LogP contribution in [0, 0.1) is 5.82 Å². The number of fused-ring (bicyclic) bond motifs is 1. The molecule has 0 aliphatic heterocycles. The van der Waals surface area contributed by atoms with Crippen molar-refractivity contribution in [1.82, 2.24) is 15.1 Å². The number of halogens is 2. The molecule has 1 atom stereocenters. The van der Waals surface area contributed by atoms with Gasteiger partial charge in [0.2, 0.25) is 5.91 Å². The number of nitrogens with one attached hydrogen (secondary N) is 1. The molecule has 0 radical (unpaired) electrons. The van der Waals surface area contributed by atoms with E-state index in [1.54, 1.807) is 35.1 Å². The van der Waals surface area contributed by atoms with Crippen molar-refractivity contribution in [3.05, 3.63) is 53.4 Å². The molecule has 3 aromatic rings. The van der Waals surface area contributed by atoms with Gasteiger partial charge in [-0.1, -0.05) is 11.6 Å². The molecule has 0 unspecified atom stereocenters. The Morgan fingerprint density at radius 2 is 2.08 bits per heavy atom. The number of carbonyl (C=O) groups excluding carboxylic acids is 1. The second kappa shape index (κ2) is 7.11. The molecule has 0 saturated heterocycles. The van der Waals surface area contributed by atoms with E-state index < -0.39 is 0 Å². The van der Waals surface area contributed by atoms with Crippen molar-refractivity contribution in [3.8, 4) is 11.4 Å². The van der Waals surface area contributed by atoms with Gasteiger partial charge < -0.3 is 10.1 Å². The predicted octanol–water partition coefficient (Wildman–Crippen LogP) is 3.72. The van der Waals surface area contributed by atoms with E-state index in [0.717, 1.165) is 16.6 Å². The molecule has 25 heavy (non-hydrogen) atoms. The summed E-state index contributed by atoms with van der Waals surface area (Å²) >= 11 is 6.32. The number of amides is 1. The van der Waals surface area contributed by atoms with Gasteiger partial charge in [0.05, 0.1) is 28.5 Å². The maximum atomic E-state index is 13.1. The van der Waals surface area contributed by atoms with Crippen LogP contribution in [0.15, 0.2) is 42.6 Å². The van der Waals surface area contributed by atoms with Crippen molar-refractivity contribution < 1.29 is 13.9 Å². The summed E-state index contributed by atoms with van der Waals surface area (Å²) in [7, 11) is 0. The topological polar surface area (TPSA) is 56.1 Å². The molecular weight excluding hydrogens is 345 g/mol. The Kier molecular flexibility index (Phi) is 4.90. The van der Waals surface area contributed by atoms with Crippen molar-refractivity contribution in [2.75, 3.05) is 6.61 Å². The maximum Gasteiger partial charge on any atom is 0.217 e. The Morgan fingerprint density at radius 3 is 2.76 bits per heavy atom. The zero-order chi connectivity index (χ0) is 18.0. The number of ether oxygens (including phenoxy) is 1. The van der Waals surface area contributed by atoms with Crippen LogP contribution in [0.5, 0.6) is 5.75 Å². The van der Waals surface area contributed by atoms with Gasteiger partial charge in [0.1, 0.15) is 18.2 Å². The van der Waals surface area contributed by atoms with Crippen LogP contribution in [0.3, 0.4) is 0 Å². The van der Waals surface area contributed by atoms with Crippen LogP contribution in [0.2, 0.25) is 5.02 Å². The summed E-state index contributed by atoms with van der Waals surface area (Å²) in [6.45, 7) is 3.61. The third-order valence-electron chi connectivity index (χ3n) is 3.63. The van der Waals surface area contributed by atoms with Crippen LogP contribution in [-0.4, -0.2) is 28.3 Å². The molecule has 1 N–H and O–H groups in total. The van der Waals surface area contributed by atoms with Crippen molar-refractivity contribution in [2.24, 2.45) is 0 Å². The number of hydrogen-bond acceptors (Lipinski definition) is 3. The highest BCUT2D eigenvalue weighted by atomic mass is 35.5. The Labute approximate surface area is 149 Å². The lowest BCUT2D eigenvalue weighted by Gasteiger charge is -2.15. The standard InChI is InChI=1S/C18H17ClFN3O2/c1-11(22-12(2)24)10-25-18-7-13-9-21-23(17(13)8-16(18)19)15-5-3-14(20)4-6-15/h3-9,11H,10H2,1-2H3,(H,22,24)/t11-/m0/s1. The van der Waals surface area contributed by atoms with Gasteiger partial charge in [-0.15, -0.1) is 0 Å². The number of nitrogens with zero attached hydrogens (tertiary/aromatic N) is 2. The minimum absolute atomic E-state index is 0.113. The zero-order valence-corrected chi connectivity index (χ0v) is 14.5. The van der Waals surface area contributed by atoms with E-state index in [4.69, 9.17) is 16.3 Å². The first-order valence-electron chi connectivity index (χ1n) is 7.77. The largest absolute Gasteiger partial charge is 0.490 e. The van der Waals surface area contributed by atoms with E-state index >= 15 is 0 Å². The fourth-order valence-corrected chi connectivity index (χ4v) is 2.74. The SMILES string of the molecule is CC(=O)N[C@@H](C)COc1cc2cnn(-c3ccc(F)cc3)c2cc1Cl. The molecule has 0 bridgehead atoms. The molecule has 0 aliphatic rings. The number of benzene rings is 2. The molecule has 7 heteroatoms. The summed E-state index contributed by atoms with van der Waals surface area (Å²) in [6.07, 6.45) is 1.69. The first-order valence-corrected chi connectivity index (χ1v) is 8.15. The lowest BCUT2D eigenvalue weighted by Crippen LogP contribution is -2.35. The van der Waals surface area contributed by atoms with E-state index in [-0.39, 0.29) is 17.8 Å². The van der Waals surface area contributed by atoms with E-state index in [0.29, 0.717) is 17.4 Å². The van der Waals surface area contributed by atoms with E-state index in [2.05, 4.69) is 10.4 Å². The summed E-state index contributed by atoms with van der Waals surface area (Å²) in [4.78, 5) is 11.0. The molecule has 3 rings (SSSR count). The molecule has 130 valence electrons. The number of aromatic nitrogens is 2. The smallest absolute Gasteiger partial charge is 0.217 e. The summed E-state index contributed by atoms with van der Waals surface area (Å²) in [5, 5.41) is 8.36. The number of hydrogen-bond donors (Lipinski definition) is 1. The van der Waals surface area contributed by atoms with Gasteiger partial charge in [-0.2, -0.15) is 5.10 Å². The normalized spacial score (nSPS) is 12.2. The van der Waals surface area contributed by atoms with Gasteiger partial charge in [-0.05, 0) is 43.3 Å². The van der Waals surface area contributed by atoms with E-state index in [1.165, 1.54) is 19.1 Å². The minimum Gasteiger partial charge on any atom is -0.490 e. The molecule has 1 aromatic heterocycles. The molecule has 0 spiro atoms. The highest BCUT2D eigenvalue weighted by Gasteiger charge is 2.12. The van der Waals surface area contributed by atoms with Crippen molar-refractivity contribution >= 4 is 28.4 Å². The number of rotatable bonds is 5. The van der Waals surface area contributed by atoms with E-state index in [1.807, 2.05) is 6.92 Å². The van der Waals surface area contributed by atoms with Crippen LogP contribution in [0.25, 0.3) is 16.6 Å². The van der Waals surface area contributed by atoms with Crippen LogP contribution >= 0.6 is 11.6 Å². The summed E-state index contributed by atoms with van der Waals surface area (Å²) in [5.41, 5.74) is 1.53. The summed E-state index contributed by atoms with van der Waals surface area (Å²) in [5.74, 6) is 0.102. The predicted molar refractivity (Wildman–Crippen MR) is 94.8 cm³/mol. The molecule has 2 aromatic carbocycles. The minimum atomic E-state index is -0.303. The van der Waals surface area contributed by atoms with Gasteiger partial charge in [-0.3, -0.25) is 4.79 Å². The average molecular weight is 362 g/mol. The van der Waals surface area contributed by atoms with Crippen LogP contribution in [-0.2, 0) is 4.79 Å². The van der Waals surface area contributed by atoms with Crippen LogP contribution in [0.1, 0.15) is 13.8 Å². The fourth-order valence-electron chi connectivity index (χ4n) is 2.53. The monoisotopic (exact) mass is 361 g/mol. The van der Waals surface area contributed by atoms with Crippen molar-refractivity contribution in [2.45, 2.75) is 19.9 Å². The Morgan fingerprint density at radius 1 is 1.36 bits per heavy atom. The summed E-state index contributed by atoms with van der Waals surface area (Å²) < 4.78 is 20.5. The summed E-state index contributed by atoms with van der Waals surface area (Å²) in [6, 6.07) is 9.48. The molecule has 1 amide bonds. The van der Waals surface area contributed by atoms with Crippen molar-refractivity contribution in [1.29, 1.82) is 0 Å². The maximum absolute atomic E-state index is 13.1. The molecule has 0 fully saturated rings.